The van der Waals surface area contributed by atoms with E-state index < -0.39 is 0 Å². The van der Waals surface area contributed by atoms with E-state index in [-0.39, 0.29) is 5.78 Å². The fourth-order valence-electron chi connectivity index (χ4n) is 5.64. The average Bonchev–Trinajstić information content (AvgIpc) is 3.70. The molecule has 2 aromatic heterocycles. The lowest BCUT2D eigenvalue weighted by atomic mass is 9.94. The van der Waals surface area contributed by atoms with Gasteiger partial charge in [0, 0.05) is 58.9 Å². The predicted molar refractivity (Wildman–Crippen MR) is 176 cm³/mol. The van der Waals surface area contributed by atoms with Gasteiger partial charge < -0.3 is 0 Å². The van der Waals surface area contributed by atoms with Gasteiger partial charge in [-0.1, -0.05) is 97.1 Å². The molecule has 4 aromatic carbocycles. The highest BCUT2D eigenvalue weighted by Gasteiger charge is 2.26. The Morgan fingerprint density at radius 3 is 1.30 bits per heavy atom. The van der Waals surface area contributed by atoms with Gasteiger partial charge in [0.25, 0.3) is 0 Å². The minimum absolute atomic E-state index is 0.0426. The zero-order valence-electron chi connectivity index (χ0n) is 24.4. The zero-order valence-corrected chi connectivity index (χ0v) is 24.4. The number of carbonyl (C=O) groups is 1. The van der Waals surface area contributed by atoms with Crippen LogP contribution in [0.2, 0.25) is 0 Å². The Bertz CT molecular complexity index is 1830. The highest BCUT2D eigenvalue weighted by molar-refractivity contribution is 6.15. The van der Waals surface area contributed by atoms with E-state index in [0.29, 0.717) is 13.1 Å². The number of Topliss-reactive ketones (excluding diaryl/α,β-unsaturated/α-hetero) is 1. The van der Waals surface area contributed by atoms with Crippen molar-refractivity contribution in [3.63, 3.8) is 0 Å². The highest BCUT2D eigenvalue weighted by atomic mass is 16.1. The van der Waals surface area contributed by atoms with Gasteiger partial charge in [-0.3, -0.25) is 9.69 Å². The molecule has 3 heterocycles. The summed E-state index contributed by atoms with van der Waals surface area (Å²) >= 11 is 0. The molecule has 44 heavy (non-hydrogen) atoms. The Kier molecular flexibility index (Phi) is 7.41. The largest absolute Gasteiger partial charge is 0.298 e. The molecule has 0 amide bonds. The lowest BCUT2D eigenvalue weighted by Gasteiger charge is -2.26. The van der Waals surface area contributed by atoms with Crippen LogP contribution in [-0.2, 0) is 4.79 Å². The molecule has 6 nitrogen and oxygen atoms in total. The number of aromatic nitrogens is 4. The first-order valence-electron chi connectivity index (χ1n) is 14.7. The average molecular weight is 574 g/mol. The van der Waals surface area contributed by atoms with Crippen molar-refractivity contribution in [1.82, 2.24) is 24.5 Å². The molecular weight excluding hydrogens is 542 g/mol. The number of ketones is 1. The third-order valence-corrected chi connectivity index (χ3v) is 7.74. The van der Waals surface area contributed by atoms with E-state index in [1.165, 1.54) is 0 Å². The van der Waals surface area contributed by atoms with E-state index in [1.54, 1.807) is 0 Å². The Morgan fingerprint density at radius 2 is 0.909 bits per heavy atom. The van der Waals surface area contributed by atoms with Gasteiger partial charge in [0.15, 0.2) is 5.78 Å². The number of carbonyl (C=O) groups excluding carboxylic acids is 1. The van der Waals surface area contributed by atoms with Crippen LogP contribution in [0.25, 0.3) is 46.0 Å². The van der Waals surface area contributed by atoms with Gasteiger partial charge in [0.2, 0.25) is 0 Å². The predicted octanol–water partition coefficient (Wildman–Crippen LogP) is 7.37. The van der Waals surface area contributed by atoms with Crippen LogP contribution in [0.3, 0.4) is 0 Å². The summed E-state index contributed by atoms with van der Waals surface area (Å²) in [5, 5.41) is 9.89. The number of nitrogens with zero attached hydrogens (tertiary/aromatic N) is 5. The molecule has 7 rings (SSSR count). The fourth-order valence-corrected chi connectivity index (χ4v) is 5.64. The number of rotatable bonds is 6. The van der Waals surface area contributed by atoms with Crippen LogP contribution < -0.4 is 0 Å². The quantitative estimate of drug-likeness (QED) is 0.195. The first kappa shape index (κ1) is 27.3. The van der Waals surface area contributed by atoms with Crippen LogP contribution in [0, 0.1) is 0 Å². The molecule has 0 spiro atoms. The van der Waals surface area contributed by atoms with E-state index in [1.807, 2.05) is 138 Å². The van der Waals surface area contributed by atoms with E-state index in [4.69, 9.17) is 10.2 Å². The summed E-state index contributed by atoms with van der Waals surface area (Å²) in [4.78, 5) is 16.3. The third-order valence-electron chi connectivity index (χ3n) is 7.74. The van der Waals surface area contributed by atoms with E-state index in [0.717, 1.165) is 56.2 Å². The minimum Gasteiger partial charge on any atom is -0.298 e. The van der Waals surface area contributed by atoms with Crippen LogP contribution in [0.5, 0.6) is 0 Å². The SMILES string of the molecule is CN1C/C(=C/c2cn(-c3ccccc3)nc2-c2ccccc2)C(=O)/C(=C/c2cn(-c3ccccc3)nc2-c2ccccc2)C1. The molecule has 1 aliphatic heterocycles. The molecule has 6 heteroatoms. The highest BCUT2D eigenvalue weighted by Crippen LogP contribution is 2.30. The lowest BCUT2D eigenvalue weighted by Crippen LogP contribution is -2.34. The molecule has 0 radical (unpaired) electrons. The van der Waals surface area contributed by atoms with Crippen LogP contribution in [-0.4, -0.2) is 50.4 Å². The van der Waals surface area contributed by atoms with Crippen molar-refractivity contribution in [2.45, 2.75) is 0 Å². The van der Waals surface area contributed by atoms with Crippen molar-refractivity contribution in [3.05, 3.63) is 156 Å². The number of likely N-dealkylation sites (N-methyl/N-ethyl adjacent to an activating group) is 1. The maximum atomic E-state index is 14.1. The molecule has 0 saturated carbocycles. The van der Waals surface area contributed by atoms with Gasteiger partial charge in [0.05, 0.1) is 22.8 Å². The first-order valence-corrected chi connectivity index (χ1v) is 14.7. The van der Waals surface area contributed by atoms with Crippen LogP contribution >= 0.6 is 0 Å². The van der Waals surface area contributed by atoms with Gasteiger partial charge in [-0.2, -0.15) is 10.2 Å². The summed E-state index contributed by atoms with van der Waals surface area (Å²) in [5.41, 5.74) is 8.87. The van der Waals surface area contributed by atoms with Crippen molar-refractivity contribution in [2.75, 3.05) is 20.1 Å². The Hall–Kier alpha value is -5.59. The summed E-state index contributed by atoms with van der Waals surface area (Å²) in [6, 6.07) is 40.3. The molecule has 0 N–H and O–H groups in total. The molecule has 0 aliphatic carbocycles. The number of benzene rings is 4. The topological polar surface area (TPSA) is 56.0 Å². The first-order chi connectivity index (χ1) is 21.6. The molecule has 0 bridgehead atoms. The zero-order chi connectivity index (χ0) is 29.9. The molecule has 0 atom stereocenters. The number of likely N-dealkylation sites (tertiary alicyclic amines) is 1. The second kappa shape index (κ2) is 12.0. The molecule has 0 unspecified atom stereocenters. The van der Waals surface area contributed by atoms with Crippen molar-refractivity contribution in [3.8, 4) is 33.9 Å². The fraction of sp³-hybridized carbons (Fsp3) is 0.0789. The normalized spacial score (nSPS) is 15.7. The van der Waals surface area contributed by atoms with E-state index in [9.17, 15) is 4.79 Å². The molecular formula is C38H31N5O. The van der Waals surface area contributed by atoms with Crippen LogP contribution in [0.4, 0.5) is 0 Å². The van der Waals surface area contributed by atoms with Gasteiger partial charge in [-0.05, 0) is 43.5 Å². The summed E-state index contributed by atoms with van der Waals surface area (Å²) in [6.45, 7) is 1.10. The lowest BCUT2D eigenvalue weighted by molar-refractivity contribution is -0.113. The molecule has 1 saturated heterocycles. The third kappa shape index (κ3) is 5.59. The van der Waals surface area contributed by atoms with Gasteiger partial charge in [-0.15, -0.1) is 0 Å². The Balaban J connectivity index is 1.30. The van der Waals surface area contributed by atoms with E-state index >= 15 is 0 Å². The van der Waals surface area contributed by atoms with E-state index in [2.05, 4.69) is 29.2 Å². The maximum Gasteiger partial charge on any atom is 0.187 e. The second-order valence-corrected chi connectivity index (χ2v) is 11.0. The number of hydrogen-bond acceptors (Lipinski definition) is 4. The van der Waals surface area contributed by atoms with Gasteiger partial charge in [-0.25, -0.2) is 9.36 Å². The summed E-state index contributed by atoms with van der Waals surface area (Å²) in [5.74, 6) is 0.0426. The minimum atomic E-state index is 0.0426. The summed E-state index contributed by atoms with van der Waals surface area (Å²) in [6.07, 6.45) is 8.03. The maximum absolute atomic E-state index is 14.1. The van der Waals surface area contributed by atoms with Crippen molar-refractivity contribution < 1.29 is 4.79 Å². The van der Waals surface area contributed by atoms with Crippen molar-refractivity contribution in [1.29, 1.82) is 0 Å². The molecule has 1 fully saturated rings. The Morgan fingerprint density at radius 1 is 0.545 bits per heavy atom. The number of hydrogen-bond donors (Lipinski definition) is 0. The summed E-state index contributed by atoms with van der Waals surface area (Å²) < 4.78 is 3.76. The standard InChI is InChI=1S/C38H31N5O/c1-41-24-32(22-30-26-42(34-18-10-4-11-19-34)39-36(30)28-14-6-2-7-15-28)38(44)33(25-41)23-31-27-43(35-20-12-5-13-21-35)40-37(31)29-16-8-3-9-17-29/h2-23,26-27H,24-25H2,1H3/b32-22-,33-23+. The second-order valence-electron chi connectivity index (χ2n) is 11.0. The molecule has 1 aliphatic rings. The van der Waals surface area contributed by atoms with Crippen molar-refractivity contribution in [2.24, 2.45) is 0 Å². The van der Waals surface area contributed by atoms with Crippen LogP contribution in [0.15, 0.2) is 145 Å². The number of piperidine rings is 1. The Labute approximate surface area is 256 Å². The van der Waals surface area contributed by atoms with Crippen LogP contribution in [0.1, 0.15) is 11.1 Å². The van der Waals surface area contributed by atoms with Gasteiger partial charge in [0.1, 0.15) is 0 Å². The monoisotopic (exact) mass is 573 g/mol. The molecule has 6 aromatic rings. The molecule has 214 valence electrons. The van der Waals surface area contributed by atoms with Crippen molar-refractivity contribution >= 4 is 17.9 Å². The van der Waals surface area contributed by atoms with Gasteiger partial charge >= 0.3 is 0 Å². The summed E-state index contributed by atoms with van der Waals surface area (Å²) in [7, 11) is 2.05. The number of para-hydroxylation sites is 2. The smallest absolute Gasteiger partial charge is 0.187 e.